The quantitative estimate of drug-likeness (QED) is 0.907. The number of hydrogen-bond acceptors (Lipinski definition) is 5. The number of hydrogen-bond donors (Lipinski definition) is 1. The number of aromatic nitrogens is 2. The summed E-state index contributed by atoms with van der Waals surface area (Å²) in [7, 11) is 0. The van der Waals surface area contributed by atoms with Crippen LogP contribution in [0.5, 0.6) is 0 Å². The monoisotopic (exact) mass is 332 g/mol. The number of piperazine rings is 1. The maximum atomic E-state index is 12.9. The smallest absolute Gasteiger partial charge is 0.226 e. The van der Waals surface area contributed by atoms with Crippen LogP contribution in [0.2, 0.25) is 0 Å². The van der Waals surface area contributed by atoms with E-state index in [0.29, 0.717) is 42.6 Å². The summed E-state index contributed by atoms with van der Waals surface area (Å²) in [6.07, 6.45) is 1.70. The molecule has 6 nitrogen and oxygen atoms in total. The van der Waals surface area contributed by atoms with E-state index in [2.05, 4.69) is 22.4 Å². The summed E-state index contributed by atoms with van der Waals surface area (Å²) >= 11 is 0. The van der Waals surface area contributed by atoms with Gasteiger partial charge in [0.05, 0.1) is 0 Å². The first-order chi connectivity index (χ1) is 11.6. The topological polar surface area (TPSA) is 71.3 Å². The van der Waals surface area contributed by atoms with E-state index in [1.807, 2.05) is 4.90 Å². The summed E-state index contributed by atoms with van der Waals surface area (Å²) in [4.78, 5) is 18.4. The second-order valence-electron chi connectivity index (χ2n) is 6.07. The van der Waals surface area contributed by atoms with Crippen molar-refractivity contribution in [1.29, 1.82) is 0 Å². The van der Waals surface area contributed by atoms with E-state index >= 15 is 0 Å². The fourth-order valence-electron chi connectivity index (χ4n) is 2.78. The van der Waals surface area contributed by atoms with Gasteiger partial charge in [0.1, 0.15) is 5.82 Å². The van der Waals surface area contributed by atoms with Gasteiger partial charge >= 0.3 is 0 Å². The number of halogens is 1. The van der Waals surface area contributed by atoms with Gasteiger partial charge in [-0.15, -0.1) is 0 Å². The molecule has 1 N–H and O–H groups in total. The summed E-state index contributed by atoms with van der Waals surface area (Å²) in [6, 6.07) is 6.28. The highest BCUT2D eigenvalue weighted by atomic mass is 19.1. The van der Waals surface area contributed by atoms with Crippen LogP contribution in [0.3, 0.4) is 0 Å². The second kappa shape index (κ2) is 7.53. The van der Waals surface area contributed by atoms with Crippen LogP contribution >= 0.6 is 0 Å². The molecule has 1 amide bonds. The molecular weight excluding hydrogens is 311 g/mol. The third-order valence-corrected chi connectivity index (χ3v) is 4.07. The maximum Gasteiger partial charge on any atom is 0.226 e. The lowest BCUT2D eigenvalue weighted by atomic mass is 10.2. The van der Waals surface area contributed by atoms with E-state index in [0.717, 1.165) is 19.6 Å². The Kier molecular flexibility index (Phi) is 5.20. The molecule has 3 rings (SSSR count). The predicted molar refractivity (Wildman–Crippen MR) is 86.7 cm³/mol. The molecule has 1 fully saturated rings. The predicted octanol–water partition coefficient (Wildman–Crippen LogP) is 2.02. The van der Waals surface area contributed by atoms with Crippen LogP contribution in [0, 0.1) is 5.82 Å². The zero-order valence-corrected chi connectivity index (χ0v) is 13.7. The molecule has 1 atom stereocenters. The molecule has 0 bridgehead atoms. The van der Waals surface area contributed by atoms with Crippen molar-refractivity contribution >= 4 is 5.91 Å². The number of benzene rings is 1. The molecule has 1 saturated heterocycles. The fraction of sp³-hybridized carbons (Fsp3) is 0.471. The molecule has 1 aromatic heterocycles. The van der Waals surface area contributed by atoms with Crippen molar-refractivity contribution < 1.29 is 13.7 Å². The summed E-state index contributed by atoms with van der Waals surface area (Å²) in [5, 5.41) is 7.22. The third-order valence-electron chi connectivity index (χ3n) is 4.07. The second-order valence-corrected chi connectivity index (χ2v) is 6.07. The Balaban J connectivity index is 1.49. The number of rotatable bonds is 5. The minimum absolute atomic E-state index is 0.168. The van der Waals surface area contributed by atoms with Crippen molar-refractivity contribution in [3.8, 4) is 11.4 Å². The van der Waals surface area contributed by atoms with E-state index in [4.69, 9.17) is 4.52 Å². The lowest BCUT2D eigenvalue weighted by molar-refractivity contribution is -0.132. The van der Waals surface area contributed by atoms with Gasteiger partial charge in [-0.2, -0.15) is 4.98 Å². The van der Waals surface area contributed by atoms with Gasteiger partial charge in [0.15, 0.2) is 0 Å². The Morgan fingerprint density at radius 2 is 2.21 bits per heavy atom. The van der Waals surface area contributed by atoms with Crippen molar-refractivity contribution in [1.82, 2.24) is 20.4 Å². The molecule has 1 aliphatic rings. The molecule has 0 saturated carbocycles. The highest BCUT2D eigenvalue weighted by molar-refractivity contribution is 5.76. The van der Waals surface area contributed by atoms with Crippen LogP contribution in [0.25, 0.3) is 11.4 Å². The number of aryl methyl sites for hydroxylation is 1. The van der Waals surface area contributed by atoms with Crippen molar-refractivity contribution in [3.05, 3.63) is 36.0 Å². The minimum Gasteiger partial charge on any atom is -0.340 e. The van der Waals surface area contributed by atoms with Crippen LogP contribution in [-0.2, 0) is 11.2 Å². The Bertz CT molecular complexity index is 686. The molecule has 128 valence electrons. The summed E-state index contributed by atoms with van der Waals surface area (Å²) in [6.45, 7) is 4.44. The Morgan fingerprint density at radius 3 is 2.96 bits per heavy atom. The van der Waals surface area contributed by atoms with E-state index in [1.54, 1.807) is 12.1 Å². The third kappa shape index (κ3) is 4.17. The molecule has 1 aromatic carbocycles. The first kappa shape index (κ1) is 16.6. The van der Waals surface area contributed by atoms with E-state index in [-0.39, 0.29) is 11.7 Å². The average Bonchev–Trinajstić information content (AvgIpc) is 3.04. The fourth-order valence-corrected chi connectivity index (χ4v) is 2.78. The average molecular weight is 332 g/mol. The van der Waals surface area contributed by atoms with Crippen molar-refractivity contribution in [2.24, 2.45) is 0 Å². The van der Waals surface area contributed by atoms with Crippen LogP contribution in [-0.4, -0.2) is 46.6 Å². The number of nitrogens with zero attached hydrogens (tertiary/aromatic N) is 3. The van der Waals surface area contributed by atoms with Crippen molar-refractivity contribution in [3.63, 3.8) is 0 Å². The van der Waals surface area contributed by atoms with Gasteiger partial charge in [0, 0.05) is 44.1 Å². The summed E-state index contributed by atoms with van der Waals surface area (Å²) in [5.74, 6) is 0.799. The number of carbonyl (C=O) groups is 1. The molecular formula is C17H21FN4O2. The normalized spacial score (nSPS) is 17.9. The number of carbonyl (C=O) groups excluding carboxylic acids is 1. The molecule has 0 unspecified atom stereocenters. The van der Waals surface area contributed by atoms with Gasteiger partial charge in [0.2, 0.25) is 17.6 Å². The standard InChI is InChI=1S/C17H21FN4O2/c1-12-11-22(10-9-19-12)16(23)4-2-3-15-20-17(21-24-15)13-5-7-14(18)8-6-13/h5-8,12,19H,2-4,9-11H2,1H3/t12-/m0/s1. The molecule has 0 spiro atoms. The molecule has 2 aromatic rings. The zero-order valence-electron chi connectivity index (χ0n) is 13.7. The van der Waals surface area contributed by atoms with E-state index < -0.39 is 0 Å². The van der Waals surface area contributed by atoms with Crippen LogP contribution in [0.4, 0.5) is 4.39 Å². The number of nitrogens with one attached hydrogen (secondary N) is 1. The molecule has 2 heterocycles. The van der Waals surface area contributed by atoms with Gasteiger partial charge in [-0.3, -0.25) is 4.79 Å². The van der Waals surface area contributed by atoms with Gasteiger partial charge in [0.25, 0.3) is 0 Å². The van der Waals surface area contributed by atoms with Gasteiger partial charge in [-0.1, -0.05) is 5.16 Å². The van der Waals surface area contributed by atoms with Crippen molar-refractivity contribution in [2.75, 3.05) is 19.6 Å². The molecule has 0 aliphatic carbocycles. The van der Waals surface area contributed by atoms with Crippen LogP contribution in [0.1, 0.15) is 25.7 Å². The molecule has 1 aliphatic heterocycles. The van der Waals surface area contributed by atoms with E-state index in [1.165, 1.54) is 12.1 Å². The lowest BCUT2D eigenvalue weighted by Crippen LogP contribution is -2.51. The van der Waals surface area contributed by atoms with E-state index in [9.17, 15) is 9.18 Å². The Labute approximate surface area is 140 Å². The van der Waals surface area contributed by atoms with Gasteiger partial charge in [-0.25, -0.2) is 4.39 Å². The maximum absolute atomic E-state index is 12.9. The summed E-state index contributed by atoms with van der Waals surface area (Å²) in [5.41, 5.74) is 0.706. The number of amides is 1. The highest BCUT2D eigenvalue weighted by Gasteiger charge is 2.20. The van der Waals surface area contributed by atoms with Crippen LogP contribution in [0.15, 0.2) is 28.8 Å². The zero-order chi connectivity index (χ0) is 16.9. The Hall–Kier alpha value is -2.28. The van der Waals surface area contributed by atoms with Crippen LogP contribution < -0.4 is 5.32 Å². The molecule has 7 heteroatoms. The molecule has 24 heavy (non-hydrogen) atoms. The SMILES string of the molecule is C[C@H]1CN(C(=O)CCCc2nc(-c3ccc(F)cc3)no2)CCN1. The van der Waals surface area contributed by atoms with Crippen molar-refractivity contribution in [2.45, 2.75) is 32.2 Å². The minimum atomic E-state index is -0.303. The first-order valence-electron chi connectivity index (χ1n) is 8.21. The summed E-state index contributed by atoms with van der Waals surface area (Å²) < 4.78 is 18.1. The lowest BCUT2D eigenvalue weighted by Gasteiger charge is -2.31. The first-order valence-corrected chi connectivity index (χ1v) is 8.21. The molecule has 0 radical (unpaired) electrons. The van der Waals surface area contributed by atoms with Gasteiger partial charge in [-0.05, 0) is 37.6 Å². The highest BCUT2D eigenvalue weighted by Crippen LogP contribution is 2.17. The Morgan fingerprint density at radius 1 is 1.42 bits per heavy atom. The van der Waals surface area contributed by atoms with Gasteiger partial charge < -0.3 is 14.7 Å². The largest absolute Gasteiger partial charge is 0.340 e.